The number of esters is 3. The van der Waals surface area contributed by atoms with Crippen molar-refractivity contribution in [2.45, 2.75) is 59.5 Å². The third kappa shape index (κ3) is 31.1. The van der Waals surface area contributed by atoms with Crippen molar-refractivity contribution in [2.75, 3.05) is 13.2 Å². The van der Waals surface area contributed by atoms with Gasteiger partial charge in [-0.25, -0.2) is 0 Å². The Kier molecular flexibility index (Phi) is 39.6. The molecule has 0 N–H and O–H groups in total. The number of hydrogen-bond donors (Lipinski definition) is 0. The molecule has 6 nitrogen and oxygen atoms in total. The zero-order chi connectivity index (χ0) is 21.0. The molecule has 12 heteroatoms. The van der Waals surface area contributed by atoms with Gasteiger partial charge in [-0.3, -0.25) is 14.4 Å². The van der Waals surface area contributed by atoms with Crippen LogP contribution in [0.4, 0.5) is 0 Å². The van der Waals surface area contributed by atoms with Crippen molar-refractivity contribution in [3.63, 3.8) is 0 Å². The molecular formula is C15H27I6O6-. The quantitative estimate of drug-likeness (QED) is 0.145. The number of halogens is 6. The van der Waals surface area contributed by atoms with E-state index in [1.807, 2.05) is 6.92 Å². The van der Waals surface area contributed by atoms with Gasteiger partial charge < -0.3 is 14.2 Å². The van der Waals surface area contributed by atoms with Crippen LogP contribution in [-0.4, -0.2) is 37.2 Å². The van der Waals surface area contributed by atoms with Gasteiger partial charge in [0.05, 0.1) is 6.61 Å². The summed E-state index contributed by atoms with van der Waals surface area (Å²) in [4.78, 5) is 32.7. The van der Waals surface area contributed by atoms with Gasteiger partial charge in [0.25, 0.3) is 0 Å². The normalized spacial score (nSPS) is 11.3. The van der Waals surface area contributed by atoms with Crippen LogP contribution in [0.15, 0.2) is 0 Å². The van der Waals surface area contributed by atoms with E-state index in [2.05, 4.69) is 74.5 Å². The van der Waals surface area contributed by atoms with E-state index in [0.29, 0.717) is 19.9 Å². The fourth-order valence-corrected chi connectivity index (χ4v) is 2.06. The fraction of sp³-hybridized carbons (Fsp3) is 0.800. The van der Waals surface area contributed by atoms with E-state index < -0.39 is 12.1 Å². The summed E-state index contributed by atoms with van der Waals surface area (Å²) in [6.07, 6.45) is 2.81. The monoisotopic (exact) mass is 1060 g/mol. The molecule has 0 aliphatic heterocycles. The molecule has 0 aliphatic carbocycles. The number of unbranched alkanes of at least 4 members (excludes halogenated alkanes) is 1. The molecule has 0 saturated carbocycles. The van der Waals surface area contributed by atoms with Crippen LogP contribution in [0.1, 0.15) is 53.4 Å². The first-order chi connectivity index (χ1) is 12.3. The second-order valence-electron chi connectivity index (χ2n) is 5.01. The number of carbonyl (C=O) groups is 3. The van der Waals surface area contributed by atoms with Gasteiger partial charge in [-0.2, -0.15) is 0 Å². The van der Waals surface area contributed by atoms with E-state index in [1.165, 1.54) is 20.8 Å². The van der Waals surface area contributed by atoms with E-state index in [4.69, 9.17) is 14.2 Å². The SMILES string of the molecule is CCC(CCCCOC(C)=O)C(COC(C)=O)OC(C)=O.I.II.I[I-]I. The van der Waals surface area contributed by atoms with E-state index >= 15 is 0 Å². The maximum absolute atomic E-state index is 11.2. The van der Waals surface area contributed by atoms with Crippen LogP contribution in [0.25, 0.3) is 0 Å². The summed E-state index contributed by atoms with van der Waals surface area (Å²) in [5.41, 5.74) is 0. The number of rotatable bonds is 10. The van der Waals surface area contributed by atoms with Gasteiger partial charge in [0, 0.05) is 58.0 Å². The van der Waals surface area contributed by atoms with Crippen LogP contribution in [0, 0.1) is 5.92 Å². The zero-order valence-electron chi connectivity index (χ0n) is 15.6. The Balaban J connectivity index is -0.000000398. The van der Waals surface area contributed by atoms with Crippen molar-refractivity contribution >= 4 is 116 Å². The third-order valence-electron chi connectivity index (χ3n) is 3.09. The molecule has 0 aromatic heterocycles. The average molecular weight is 1060 g/mol. The minimum absolute atomic E-state index is 0. The van der Waals surface area contributed by atoms with Crippen LogP contribution >= 0.6 is 98.4 Å². The maximum atomic E-state index is 11.2. The van der Waals surface area contributed by atoms with Crippen LogP contribution in [-0.2, 0) is 28.6 Å². The summed E-state index contributed by atoms with van der Waals surface area (Å²) >= 11 is 9.54. The van der Waals surface area contributed by atoms with Gasteiger partial charge in [0.1, 0.15) is 12.7 Å². The Morgan fingerprint density at radius 3 is 1.78 bits per heavy atom. The minimum atomic E-state index is -0.426. The van der Waals surface area contributed by atoms with Crippen LogP contribution in [0.3, 0.4) is 0 Å². The molecule has 0 amide bonds. The predicted molar refractivity (Wildman–Crippen MR) is 148 cm³/mol. The second kappa shape index (κ2) is 28.8. The van der Waals surface area contributed by atoms with E-state index in [1.54, 1.807) is 0 Å². The van der Waals surface area contributed by atoms with Gasteiger partial charge in [-0.15, -0.1) is 24.0 Å². The zero-order valence-corrected chi connectivity index (χ0v) is 28.8. The predicted octanol–water partition coefficient (Wildman–Crippen LogP) is 3.41. The Bertz CT molecular complexity index is 373. The van der Waals surface area contributed by atoms with Crippen molar-refractivity contribution in [1.29, 1.82) is 0 Å². The first-order valence-corrected chi connectivity index (χ1v) is 26.6. The molecule has 0 bridgehead atoms. The van der Waals surface area contributed by atoms with E-state index in [9.17, 15) is 14.4 Å². The number of hydrogen-bond acceptors (Lipinski definition) is 6. The van der Waals surface area contributed by atoms with E-state index in [0.717, 1.165) is 25.7 Å². The van der Waals surface area contributed by atoms with Gasteiger partial charge in [0.2, 0.25) is 0 Å². The molecule has 0 heterocycles. The summed E-state index contributed by atoms with van der Waals surface area (Å²) < 4.78 is 15.1. The van der Waals surface area contributed by atoms with Crippen molar-refractivity contribution in [2.24, 2.45) is 5.92 Å². The summed E-state index contributed by atoms with van der Waals surface area (Å²) in [7, 11) is 0. The van der Waals surface area contributed by atoms with Crippen LogP contribution < -0.4 is 13.3 Å². The van der Waals surface area contributed by atoms with Gasteiger partial charge in [-0.05, 0) is 31.6 Å². The molecule has 0 rings (SSSR count). The molecular weight excluding hydrogens is 1040 g/mol. The summed E-state index contributed by atoms with van der Waals surface area (Å²) in [5.74, 6) is -0.942. The Labute approximate surface area is 232 Å². The summed E-state index contributed by atoms with van der Waals surface area (Å²) in [5, 5.41) is 0. The van der Waals surface area contributed by atoms with E-state index in [-0.39, 0.29) is 48.4 Å². The van der Waals surface area contributed by atoms with Crippen LogP contribution in [0.5, 0.6) is 0 Å². The number of ether oxygens (including phenoxy) is 3. The summed E-state index contributed by atoms with van der Waals surface area (Å²) in [6, 6.07) is 0. The second-order valence-corrected chi connectivity index (χ2v) is 21.3. The number of carbonyl (C=O) groups excluding carboxylic acids is 3. The summed E-state index contributed by atoms with van der Waals surface area (Å²) in [6.45, 7) is 6.52. The first-order valence-electron chi connectivity index (χ1n) is 7.73. The van der Waals surface area contributed by atoms with Gasteiger partial charge in [-0.1, -0.05) is 6.92 Å². The van der Waals surface area contributed by atoms with Crippen molar-refractivity contribution in [3.8, 4) is 0 Å². The molecule has 0 fully saturated rings. The molecule has 2 unspecified atom stereocenters. The third-order valence-corrected chi connectivity index (χ3v) is 3.09. The van der Waals surface area contributed by atoms with Gasteiger partial charge in [0.15, 0.2) is 0 Å². The Morgan fingerprint density at radius 2 is 1.41 bits per heavy atom. The Hall–Kier alpha value is 2.79. The van der Waals surface area contributed by atoms with Crippen LogP contribution in [0.2, 0.25) is 0 Å². The topological polar surface area (TPSA) is 78.9 Å². The first kappa shape index (κ1) is 37.1. The fourth-order valence-electron chi connectivity index (χ4n) is 2.06. The molecule has 0 aromatic carbocycles. The molecule has 0 spiro atoms. The molecule has 0 saturated heterocycles. The average Bonchev–Trinajstić information content (AvgIpc) is 2.57. The molecule has 0 aliphatic rings. The Morgan fingerprint density at radius 1 is 0.926 bits per heavy atom. The molecule has 27 heavy (non-hydrogen) atoms. The standard InChI is InChI=1S/C15H26O6.I3.I2.HI/c1-5-14(8-6-7-9-19-11(2)16)15(21-13(4)18)10-20-12(3)17;1-3-2;1-2;/h14-15H,5-10H2,1-4H3;;;1H/q;-1;;. The molecule has 0 radical (unpaired) electrons. The molecule has 166 valence electrons. The molecule has 0 aromatic rings. The molecule has 2 atom stereocenters. The van der Waals surface area contributed by atoms with Crippen molar-refractivity contribution < 1.29 is 41.8 Å². The van der Waals surface area contributed by atoms with Crippen molar-refractivity contribution in [1.82, 2.24) is 0 Å². The van der Waals surface area contributed by atoms with Gasteiger partial charge >= 0.3 is 68.4 Å². The van der Waals surface area contributed by atoms with Crippen molar-refractivity contribution in [3.05, 3.63) is 0 Å².